The molecule has 4 nitrogen and oxygen atoms in total. The van der Waals surface area contributed by atoms with Crippen molar-refractivity contribution in [3.63, 3.8) is 0 Å². The van der Waals surface area contributed by atoms with Crippen molar-refractivity contribution >= 4 is 17.3 Å². The number of hydrogen-bond donors (Lipinski definition) is 1. The third-order valence-electron chi connectivity index (χ3n) is 3.41. The van der Waals surface area contributed by atoms with Crippen molar-refractivity contribution in [2.75, 3.05) is 20.7 Å². The Balaban J connectivity index is 2.46. The van der Waals surface area contributed by atoms with E-state index < -0.39 is 0 Å². The summed E-state index contributed by atoms with van der Waals surface area (Å²) in [6.07, 6.45) is 3.42. The van der Waals surface area contributed by atoms with Crippen LogP contribution in [0, 0.1) is 6.92 Å². The van der Waals surface area contributed by atoms with Crippen LogP contribution in [0.2, 0.25) is 5.02 Å². The molecule has 0 fully saturated rings. The number of nitrogens with zero attached hydrogens (tertiary/aromatic N) is 2. The molecule has 0 aliphatic rings. The fourth-order valence-corrected chi connectivity index (χ4v) is 2.31. The highest BCUT2D eigenvalue weighted by molar-refractivity contribution is 6.31. The summed E-state index contributed by atoms with van der Waals surface area (Å²) in [7, 11) is 3.50. The lowest BCUT2D eigenvalue weighted by Crippen LogP contribution is -2.30. The van der Waals surface area contributed by atoms with Gasteiger partial charge in [0.05, 0.1) is 12.3 Å². The third kappa shape index (κ3) is 4.13. The molecule has 0 aliphatic carbocycles. The van der Waals surface area contributed by atoms with Gasteiger partial charge in [-0.1, -0.05) is 17.7 Å². The number of nitrogens with one attached hydrogen (secondary N) is 1. The number of rotatable bonds is 6. The normalized spacial score (nSPS) is 13.2. The van der Waals surface area contributed by atoms with Crippen LogP contribution in [0.1, 0.15) is 16.7 Å². The van der Waals surface area contributed by atoms with Gasteiger partial charge in [-0.25, -0.2) is 0 Å². The van der Waals surface area contributed by atoms with Crippen molar-refractivity contribution in [3.8, 4) is 0 Å². The van der Waals surface area contributed by atoms with E-state index in [1.165, 1.54) is 0 Å². The molecule has 0 bridgehead atoms. The van der Waals surface area contributed by atoms with Crippen LogP contribution in [0.3, 0.4) is 0 Å². The third-order valence-corrected chi connectivity index (χ3v) is 3.65. The molecule has 1 unspecified atom stereocenters. The first-order chi connectivity index (χ1) is 10.7. The van der Waals surface area contributed by atoms with Crippen molar-refractivity contribution in [1.82, 2.24) is 10.3 Å². The number of aryl methyl sites for hydroxylation is 1. The molecule has 0 radical (unpaired) electrons. The maximum absolute atomic E-state index is 6.16. The fourth-order valence-electron chi connectivity index (χ4n) is 2.14. The summed E-state index contributed by atoms with van der Waals surface area (Å²) in [4.78, 5) is 8.93. The summed E-state index contributed by atoms with van der Waals surface area (Å²) in [6.45, 7) is 2.55. The topological polar surface area (TPSA) is 46.5 Å². The predicted octanol–water partition coefficient (Wildman–Crippen LogP) is 3.07. The predicted molar refractivity (Wildman–Crippen MR) is 90.8 cm³/mol. The zero-order chi connectivity index (χ0) is 15.9. The van der Waals surface area contributed by atoms with Crippen LogP contribution >= 0.6 is 11.6 Å². The van der Waals surface area contributed by atoms with Crippen molar-refractivity contribution in [1.29, 1.82) is 0 Å². The summed E-state index contributed by atoms with van der Waals surface area (Å²) in [5.41, 5.74) is 3.95. The van der Waals surface area contributed by atoms with E-state index in [4.69, 9.17) is 21.3 Å². The Morgan fingerprint density at radius 1 is 1.41 bits per heavy atom. The molecule has 1 heterocycles. The van der Waals surface area contributed by atoms with E-state index >= 15 is 0 Å². The van der Waals surface area contributed by atoms with E-state index in [1.54, 1.807) is 19.5 Å². The van der Waals surface area contributed by atoms with Crippen molar-refractivity contribution in [2.45, 2.75) is 13.2 Å². The molecule has 0 aliphatic heterocycles. The van der Waals surface area contributed by atoms with Crippen molar-refractivity contribution in [2.24, 2.45) is 4.99 Å². The van der Waals surface area contributed by atoms with Crippen LogP contribution in [0.25, 0.3) is 0 Å². The molecule has 2 aromatic rings. The van der Waals surface area contributed by atoms with E-state index in [-0.39, 0.29) is 6.23 Å². The molecule has 116 valence electrons. The number of pyridine rings is 1. The molecular formula is C17H20ClN3O. The van der Waals surface area contributed by atoms with Crippen LogP contribution in [0.4, 0.5) is 0 Å². The molecule has 1 atom stereocenters. The number of benzene rings is 1. The second-order valence-corrected chi connectivity index (χ2v) is 5.34. The Morgan fingerprint density at radius 3 is 2.86 bits per heavy atom. The lowest BCUT2D eigenvalue weighted by Gasteiger charge is -2.14. The van der Waals surface area contributed by atoms with E-state index in [2.05, 4.69) is 10.3 Å². The van der Waals surface area contributed by atoms with Gasteiger partial charge in [-0.05, 0) is 43.8 Å². The zero-order valence-electron chi connectivity index (χ0n) is 13.0. The Bertz CT molecular complexity index is 640. The van der Waals surface area contributed by atoms with Gasteiger partial charge in [-0.2, -0.15) is 0 Å². The van der Waals surface area contributed by atoms with Gasteiger partial charge in [0.1, 0.15) is 6.23 Å². The number of likely N-dealkylation sites (N-methyl/N-ethyl adjacent to an activating group) is 1. The van der Waals surface area contributed by atoms with E-state index in [9.17, 15) is 0 Å². The molecule has 5 heteroatoms. The van der Waals surface area contributed by atoms with Crippen LogP contribution in [0.15, 0.2) is 47.7 Å². The highest BCUT2D eigenvalue weighted by atomic mass is 35.5. The molecular weight excluding hydrogens is 298 g/mol. The first-order valence-electron chi connectivity index (χ1n) is 7.07. The highest BCUT2D eigenvalue weighted by Gasteiger charge is 2.12. The molecule has 0 spiro atoms. The van der Waals surface area contributed by atoms with Gasteiger partial charge in [-0.15, -0.1) is 0 Å². The number of ether oxygens (including phenoxy) is 1. The second-order valence-electron chi connectivity index (χ2n) is 4.90. The Labute approximate surface area is 136 Å². The second kappa shape index (κ2) is 8.03. The summed E-state index contributed by atoms with van der Waals surface area (Å²) in [5, 5.41) is 3.75. The van der Waals surface area contributed by atoms with Gasteiger partial charge >= 0.3 is 0 Å². The SMILES string of the molecule is CNC(CN=C(c1cccnc1)c1cc(Cl)ccc1C)OC. The summed E-state index contributed by atoms with van der Waals surface area (Å²) >= 11 is 6.16. The largest absolute Gasteiger partial charge is 0.365 e. The molecule has 22 heavy (non-hydrogen) atoms. The zero-order valence-corrected chi connectivity index (χ0v) is 13.8. The first-order valence-corrected chi connectivity index (χ1v) is 7.45. The van der Waals surface area contributed by atoms with Crippen molar-refractivity contribution < 1.29 is 4.74 Å². The lowest BCUT2D eigenvalue weighted by atomic mass is 9.99. The fraction of sp³-hybridized carbons (Fsp3) is 0.294. The monoisotopic (exact) mass is 317 g/mol. The molecule has 0 saturated heterocycles. The van der Waals surface area contributed by atoms with E-state index in [1.807, 2.05) is 44.3 Å². The van der Waals surface area contributed by atoms with Gasteiger partial charge in [0.2, 0.25) is 0 Å². The first kappa shape index (κ1) is 16.6. The van der Waals surface area contributed by atoms with Gasteiger partial charge in [0, 0.05) is 35.7 Å². The Hall–Kier alpha value is -1.75. The number of aliphatic imine (C=N–C) groups is 1. The molecule has 1 aromatic heterocycles. The highest BCUT2D eigenvalue weighted by Crippen LogP contribution is 2.19. The Morgan fingerprint density at radius 2 is 2.23 bits per heavy atom. The minimum absolute atomic E-state index is 0.133. The number of halogens is 1. The van der Waals surface area contributed by atoms with Crippen LogP contribution < -0.4 is 5.32 Å². The average Bonchev–Trinajstić information content (AvgIpc) is 2.55. The minimum Gasteiger partial charge on any atom is -0.365 e. The molecule has 1 N–H and O–H groups in total. The summed E-state index contributed by atoms with van der Waals surface area (Å²) in [6, 6.07) is 9.70. The standard InChI is InChI=1S/C17H20ClN3O/c1-12-6-7-14(18)9-15(12)17(13-5-4-8-20-10-13)21-11-16(19-2)22-3/h4-10,16,19H,11H2,1-3H3. The number of methoxy groups -OCH3 is 1. The molecule has 0 saturated carbocycles. The average molecular weight is 318 g/mol. The minimum atomic E-state index is -0.133. The molecule has 0 amide bonds. The van der Waals surface area contributed by atoms with E-state index in [0.29, 0.717) is 11.6 Å². The van der Waals surface area contributed by atoms with Crippen molar-refractivity contribution in [3.05, 3.63) is 64.4 Å². The molecule has 1 aromatic carbocycles. The van der Waals surface area contributed by atoms with Gasteiger partial charge in [0.15, 0.2) is 0 Å². The quantitative estimate of drug-likeness (QED) is 0.658. The smallest absolute Gasteiger partial charge is 0.127 e. The van der Waals surface area contributed by atoms with E-state index in [0.717, 1.165) is 22.4 Å². The lowest BCUT2D eigenvalue weighted by molar-refractivity contribution is 0.0884. The summed E-state index contributed by atoms with van der Waals surface area (Å²) in [5.74, 6) is 0. The van der Waals surface area contributed by atoms with Gasteiger partial charge < -0.3 is 4.74 Å². The number of hydrogen-bond acceptors (Lipinski definition) is 4. The Kier molecular flexibility index (Phi) is 6.07. The van der Waals surface area contributed by atoms with Crippen LogP contribution in [-0.4, -0.2) is 37.6 Å². The number of aromatic nitrogens is 1. The maximum atomic E-state index is 6.16. The molecule has 2 rings (SSSR count). The van der Waals surface area contributed by atoms with Crippen LogP contribution in [-0.2, 0) is 4.74 Å². The summed E-state index contributed by atoms with van der Waals surface area (Å²) < 4.78 is 5.32. The maximum Gasteiger partial charge on any atom is 0.127 e. The van der Waals surface area contributed by atoms with Gasteiger partial charge in [0.25, 0.3) is 0 Å². The van der Waals surface area contributed by atoms with Gasteiger partial charge in [-0.3, -0.25) is 15.3 Å². The van der Waals surface area contributed by atoms with Crippen LogP contribution in [0.5, 0.6) is 0 Å².